The number of hydrogen-bond acceptors (Lipinski definition) is 3. The highest BCUT2D eigenvalue weighted by Gasteiger charge is 2.36. The Bertz CT molecular complexity index is 728. The third-order valence-corrected chi connectivity index (χ3v) is 5.56. The van der Waals surface area contributed by atoms with Gasteiger partial charge in [-0.1, -0.05) is 19.4 Å². The average Bonchev–Trinajstić information content (AvgIpc) is 2.83. The summed E-state index contributed by atoms with van der Waals surface area (Å²) in [5, 5.41) is 0. The third kappa shape index (κ3) is 4.36. The Morgan fingerprint density at radius 3 is 2.38 bits per heavy atom. The van der Waals surface area contributed by atoms with Crippen molar-refractivity contribution in [2.24, 2.45) is 5.92 Å². The second kappa shape index (κ2) is 7.23. The second-order valence-electron chi connectivity index (χ2n) is 7.01. The van der Waals surface area contributed by atoms with Crippen LogP contribution in [0.1, 0.15) is 46.8 Å². The molecule has 1 N–H and O–H groups in total. The molecule has 0 aromatic heterocycles. The van der Waals surface area contributed by atoms with Gasteiger partial charge in [-0.3, -0.25) is 4.79 Å². The molecule has 2 unspecified atom stereocenters. The number of hydrogen-bond donors (Lipinski definition) is 1. The molecule has 24 heavy (non-hydrogen) atoms. The lowest BCUT2D eigenvalue weighted by atomic mass is 9.99. The molecular formula is C18H28N2O3S. The molecule has 1 fully saturated rings. The van der Waals surface area contributed by atoms with Gasteiger partial charge in [0.15, 0.2) is 0 Å². The summed E-state index contributed by atoms with van der Waals surface area (Å²) in [6.07, 6.45) is 3.05. The fraction of sp³-hybridized carbons (Fsp3) is 0.611. The van der Waals surface area contributed by atoms with E-state index in [0.29, 0.717) is 18.7 Å². The fourth-order valence-corrected chi connectivity index (χ4v) is 4.29. The number of aryl methyl sites for hydroxylation is 3. The van der Waals surface area contributed by atoms with E-state index in [9.17, 15) is 13.2 Å². The number of likely N-dealkylation sites (tertiary alicyclic amines) is 1. The molecule has 0 aliphatic carbocycles. The number of benzene rings is 1. The first-order chi connectivity index (χ1) is 11.1. The van der Waals surface area contributed by atoms with E-state index in [4.69, 9.17) is 0 Å². The summed E-state index contributed by atoms with van der Waals surface area (Å²) in [5.74, 6) is 0.162. The number of rotatable bonds is 5. The molecule has 0 radical (unpaired) electrons. The summed E-state index contributed by atoms with van der Waals surface area (Å²) in [6, 6.07) is 3.78. The zero-order chi connectivity index (χ0) is 18.1. The monoisotopic (exact) mass is 352 g/mol. The quantitative estimate of drug-likeness (QED) is 0.885. The Hall–Kier alpha value is -1.40. The Kier molecular flexibility index (Phi) is 5.71. The summed E-state index contributed by atoms with van der Waals surface area (Å²) in [7, 11) is -3.28. The Morgan fingerprint density at radius 2 is 1.79 bits per heavy atom. The lowest BCUT2D eigenvalue weighted by Crippen LogP contribution is -2.40. The van der Waals surface area contributed by atoms with Crippen molar-refractivity contribution < 1.29 is 13.2 Å². The van der Waals surface area contributed by atoms with Gasteiger partial charge in [0.25, 0.3) is 5.91 Å². The smallest absolute Gasteiger partial charge is 0.254 e. The molecule has 5 nitrogen and oxygen atoms in total. The molecule has 1 saturated heterocycles. The Balaban J connectivity index is 2.23. The van der Waals surface area contributed by atoms with Gasteiger partial charge in [0.1, 0.15) is 0 Å². The van der Waals surface area contributed by atoms with Crippen LogP contribution in [0.2, 0.25) is 0 Å². The summed E-state index contributed by atoms with van der Waals surface area (Å²) >= 11 is 0. The largest absolute Gasteiger partial charge is 0.337 e. The maximum atomic E-state index is 12.9. The highest BCUT2D eigenvalue weighted by molar-refractivity contribution is 7.88. The van der Waals surface area contributed by atoms with Crippen LogP contribution in [0, 0.1) is 26.7 Å². The zero-order valence-corrected chi connectivity index (χ0v) is 16.0. The number of sulfonamides is 1. The molecule has 0 spiro atoms. The molecule has 1 heterocycles. The Labute approximate surface area is 145 Å². The fourth-order valence-electron chi connectivity index (χ4n) is 3.47. The van der Waals surface area contributed by atoms with E-state index in [1.807, 2.05) is 32.9 Å². The number of amides is 1. The molecule has 0 saturated carbocycles. The predicted octanol–water partition coefficient (Wildman–Crippen LogP) is 2.40. The average molecular weight is 353 g/mol. The topological polar surface area (TPSA) is 66.5 Å². The molecule has 2 atom stereocenters. The van der Waals surface area contributed by atoms with Gasteiger partial charge in [0.2, 0.25) is 10.0 Å². The van der Waals surface area contributed by atoms with Crippen LogP contribution in [0.4, 0.5) is 0 Å². The molecule has 1 aliphatic rings. The second-order valence-corrected chi connectivity index (χ2v) is 8.79. The maximum absolute atomic E-state index is 12.9. The van der Waals surface area contributed by atoms with Gasteiger partial charge in [0, 0.05) is 24.7 Å². The van der Waals surface area contributed by atoms with Gasteiger partial charge in [0.05, 0.1) is 6.26 Å². The van der Waals surface area contributed by atoms with E-state index >= 15 is 0 Å². The molecule has 6 heteroatoms. The van der Waals surface area contributed by atoms with Crippen LogP contribution in [0.15, 0.2) is 12.1 Å². The SMILES string of the molecule is CCCC1CN(C(=O)c2cc(C)c(C)cc2C)CC1NS(C)(=O)=O. The number of carbonyl (C=O) groups excluding carboxylic acids is 1. The van der Waals surface area contributed by atoms with E-state index in [1.165, 1.54) is 11.8 Å². The minimum absolute atomic E-state index is 0.00509. The van der Waals surface area contributed by atoms with Gasteiger partial charge in [-0.15, -0.1) is 0 Å². The molecule has 1 amide bonds. The van der Waals surface area contributed by atoms with Crippen molar-refractivity contribution >= 4 is 15.9 Å². The molecule has 134 valence electrons. The van der Waals surface area contributed by atoms with E-state index in [1.54, 1.807) is 4.90 Å². The lowest BCUT2D eigenvalue weighted by molar-refractivity contribution is 0.0784. The highest BCUT2D eigenvalue weighted by atomic mass is 32.2. The van der Waals surface area contributed by atoms with E-state index < -0.39 is 10.0 Å². The van der Waals surface area contributed by atoms with Gasteiger partial charge in [-0.2, -0.15) is 0 Å². The minimum atomic E-state index is -3.28. The van der Waals surface area contributed by atoms with Crippen LogP contribution in [0.3, 0.4) is 0 Å². The van der Waals surface area contributed by atoms with E-state index in [0.717, 1.165) is 24.0 Å². The minimum Gasteiger partial charge on any atom is -0.337 e. The van der Waals surface area contributed by atoms with Gasteiger partial charge >= 0.3 is 0 Å². The van der Waals surface area contributed by atoms with E-state index in [-0.39, 0.29) is 17.9 Å². The predicted molar refractivity (Wildman–Crippen MR) is 96.7 cm³/mol. The van der Waals surface area contributed by atoms with Crippen LogP contribution in [-0.4, -0.2) is 44.6 Å². The normalized spacial score (nSPS) is 21.3. The molecular weight excluding hydrogens is 324 g/mol. The molecule has 2 rings (SSSR count). The van der Waals surface area contributed by atoms with Crippen molar-refractivity contribution in [2.75, 3.05) is 19.3 Å². The highest BCUT2D eigenvalue weighted by Crippen LogP contribution is 2.25. The Morgan fingerprint density at radius 1 is 1.17 bits per heavy atom. The molecule has 1 aliphatic heterocycles. The summed E-state index contributed by atoms with van der Waals surface area (Å²) in [4.78, 5) is 14.7. The van der Waals surface area contributed by atoms with Crippen molar-refractivity contribution in [3.63, 3.8) is 0 Å². The van der Waals surface area contributed by atoms with Crippen LogP contribution in [0.5, 0.6) is 0 Å². The number of nitrogens with one attached hydrogen (secondary N) is 1. The number of carbonyl (C=O) groups is 1. The molecule has 0 bridgehead atoms. The van der Waals surface area contributed by atoms with Crippen molar-refractivity contribution in [3.8, 4) is 0 Å². The van der Waals surface area contributed by atoms with Crippen molar-refractivity contribution in [1.29, 1.82) is 0 Å². The van der Waals surface area contributed by atoms with Crippen LogP contribution in [-0.2, 0) is 10.0 Å². The van der Waals surface area contributed by atoms with Crippen molar-refractivity contribution in [1.82, 2.24) is 9.62 Å². The van der Waals surface area contributed by atoms with Gasteiger partial charge in [-0.05, 0) is 55.9 Å². The molecule has 1 aromatic carbocycles. The first kappa shape index (κ1) is 18.9. The first-order valence-electron chi connectivity index (χ1n) is 8.46. The van der Waals surface area contributed by atoms with Crippen LogP contribution < -0.4 is 4.72 Å². The first-order valence-corrected chi connectivity index (χ1v) is 10.4. The third-order valence-electron chi connectivity index (χ3n) is 4.82. The maximum Gasteiger partial charge on any atom is 0.254 e. The zero-order valence-electron chi connectivity index (χ0n) is 15.2. The summed E-state index contributed by atoms with van der Waals surface area (Å²) in [6.45, 7) is 9.11. The van der Waals surface area contributed by atoms with Crippen molar-refractivity contribution in [2.45, 2.75) is 46.6 Å². The summed E-state index contributed by atoms with van der Waals surface area (Å²) in [5.41, 5.74) is 3.95. The number of nitrogens with zero attached hydrogens (tertiary/aromatic N) is 1. The standard InChI is InChI=1S/C18H28N2O3S/c1-6-7-15-10-20(11-17(15)19-24(5,22)23)18(21)16-9-13(3)12(2)8-14(16)4/h8-9,15,17,19H,6-7,10-11H2,1-5H3. The molecule has 1 aromatic rings. The van der Waals surface area contributed by atoms with Gasteiger partial charge in [-0.25, -0.2) is 13.1 Å². The van der Waals surface area contributed by atoms with Crippen LogP contribution in [0.25, 0.3) is 0 Å². The lowest BCUT2D eigenvalue weighted by Gasteiger charge is -2.19. The van der Waals surface area contributed by atoms with Gasteiger partial charge < -0.3 is 4.90 Å². The van der Waals surface area contributed by atoms with Crippen molar-refractivity contribution in [3.05, 3.63) is 34.4 Å². The van der Waals surface area contributed by atoms with Crippen LogP contribution >= 0.6 is 0 Å². The van der Waals surface area contributed by atoms with E-state index in [2.05, 4.69) is 11.6 Å². The summed E-state index contributed by atoms with van der Waals surface area (Å²) < 4.78 is 25.9.